The van der Waals surface area contributed by atoms with Gasteiger partial charge >= 0.3 is 13.8 Å². The van der Waals surface area contributed by atoms with E-state index in [0.717, 1.165) is 7.11 Å². The fourth-order valence-corrected chi connectivity index (χ4v) is 4.33. The summed E-state index contributed by atoms with van der Waals surface area (Å²) < 4.78 is 45.3. The van der Waals surface area contributed by atoms with Crippen molar-refractivity contribution in [1.29, 1.82) is 0 Å². The molecule has 2 aromatic carbocycles. The third kappa shape index (κ3) is 5.66. The van der Waals surface area contributed by atoms with Gasteiger partial charge in [-0.1, -0.05) is 36.4 Å². The Hall–Kier alpha value is -2.46. The fraction of sp³-hybridized carbons (Fsp3) is 0.381. The number of hydrogen-bond acceptors (Lipinski definition) is 10. The molecule has 0 bridgehead atoms. The molecule has 2 N–H and O–H groups in total. The summed E-state index contributed by atoms with van der Waals surface area (Å²) in [6.07, 6.45) is -4.55. The number of aliphatic hydroxyl groups is 2. The van der Waals surface area contributed by atoms with Crippen LogP contribution < -0.4 is 9.05 Å². The summed E-state index contributed by atoms with van der Waals surface area (Å²) in [6, 6.07) is 16.5. The maximum Gasteiger partial charge on any atom is 0.587 e. The lowest BCUT2D eigenvalue weighted by Crippen LogP contribution is -2.60. The van der Waals surface area contributed by atoms with Gasteiger partial charge in [0.15, 0.2) is 0 Å². The van der Waals surface area contributed by atoms with Gasteiger partial charge in [-0.2, -0.15) is 0 Å². The van der Waals surface area contributed by atoms with Crippen molar-refractivity contribution in [2.75, 3.05) is 20.8 Å². The molecule has 10 nitrogen and oxygen atoms in total. The van der Waals surface area contributed by atoms with Crippen molar-refractivity contribution < 1.29 is 47.4 Å². The minimum absolute atomic E-state index is 0.220. The average Bonchev–Trinajstić information content (AvgIpc) is 2.80. The zero-order valence-electron chi connectivity index (χ0n) is 17.5. The van der Waals surface area contributed by atoms with E-state index in [1.807, 2.05) is 0 Å². The highest BCUT2D eigenvalue weighted by Gasteiger charge is 2.53. The maximum absolute atomic E-state index is 13.4. The van der Waals surface area contributed by atoms with Crippen molar-refractivity contribution in [2.24, 2.45) is 0 Å². The molecule has 11 heteroatoms. The van der Waals surface area contributed by atoms with Gasteiger partial charge in [-0.15, -0.1) is 0 Å². The number of aliphatic hydroxyl groups excluding tert-OH is 2. The molecule has 0 spiro atoms. The highest BCUT2D eigenvalue weighted by atomic mass is 31.2. The summed E-state index contributed by atoms with van der Waals surface area (Å²) in [7, 11) is -1.96. The number of methoxy groups -OCH3 is 2. The molecule has 1 fully saturated rings. The van der Waals surface area contributed by atoms with Crippen molar-refractivity contribution in [3.8, 4) is 11.5 Å². The molecule has 174 valence electrons. The monoisotopic (exact) mass is 468 g/mol. The van der Waals surface area contributed by atoms with Crippen LogP contribution in [0, 0.1) is 0 Å². The Morgan fingerprint density at radius 3 is 2.03 bits per heavy atom. The average molecular weight is 468 g/mol. The summed E-state index contributed by atoms with van der Waals surface area (Å²) >= 11 is 0. The maximum atomic E-state index is 13.4. The van der Waals surface area contributed by atoms with Crippen LogP contribution in [0.4, 0.5) is 0 Å². The first-order valence-electron chi connectivity index (χ1n) is 9.72. The van der Waals surface area contributed by atoms with Crippen LogP contribution in [0.5, 0.6) is 11.5 Å². The standard InChI is InChI=1S/C21H25O10P/c1-26-20(24)21(27-2)13-17(22)19(23)18(29-21)14-28-32(25,30-15-9-5-3-6-10-15)31-16-11-7-4-8-12-16/h3-12,17-19,22-23H,13-14H2,1-2H3. The first kappa shape index (κ1) is 24.2. The van der Waals surface area contributed by atoms with Crippen LogP contribution in [0.25, 0.3) is 0 Å². The van der Waals surface area contributed by atoms with Gasteiger partial charge in [0.05, 0.1) is 19.8 Å². The van der Waals surface area contributed by atoms with Crippen LogP contribution in [0.15, 0.2) is 60.7 Å². The molecule has 3 rings (SSSR count). The summed E-state index contributed by atoms with van der Waals surface area (Å²) in [5, 5.41) is 20.6. The van der Waals surface area contributed by atoms with Gasteiger partial charge in [-0.05, 0) is 24.3 Å². The molecule has 1 aliphatic heterocycles. The second kappa shape index (κ2) is 10.4. The van der Waals surface area contributed by atoms with Crippen molar-refractivity contribution in [3.05, 3.63) is 60.7 Å². The van der Waals surface area contributed by atoms with Crippen LogP contribution in [0.3, 0.4) is 0 Å². The van der Waals surface area contributed by atoms with E-state index in [1.54, 1.807) is 60.7 Å². The van der Waals surface area contributed by atoms with E-state index in [4.69, 9.17) is 27.8 Å². The van der Waals surface area contributed by atoms with Crippen LogP contribution >= 0.6 is 7.82 Å². The molecule has 0 amide bonds. The topological polar surface area (TPSA) is 130 Å². The molecule has 1 heterocycles. The molecule has 1 aliphatic rings. The summed E-state index contributed by atoms with van der Waals surface area (Å²) in [4.78, 5) is 12.2. The number of phosphoric acid groups is 1. The fourth-order valence-electron chi connectivity index (χ4n) is 3.10. The van der Waals surface area contributed by atoms with E-state index in [0.29, 0.717) is 0 Å². The van der Waals surface area contributed by atoms with Gasteiger partial charge in [-0.3, -0.25) is 4.52 Å². The number of phosphoric ester groups is 1. The lowest BCUT2D eigenvalue weighted by Gasteiger charge is -2.42. The predicted molar refractivity (Wildman–Crippen MR) is 111 cm³/mol. The van der Waals surface area contributed by atoms with E-state index in [2.05, 4.69) is 0 Å². The third-order valence-electron chi connectivity index (χ3n) is 4.74. The summed E-state index contributed by atoms with van der Waals surface area (Å²) in [5.74, 6) is -2.43. The highest BCUT2D eigenvalue weighted by molar-refractivity contribution is 7.49. The van der Waals surface area contributed by atoms with Crippen molar-refractivity contribution in [1.82, 2.24) is 0 Å². The van der Waals surface area contributed by atoms with Gasteiger partial charge in [-0.25, -0.2) is 9.36 Å². The van der Waals surface area contributed by atoms with Gasteiger partial charge in [0.25, 0.3) is 5.79 Å². The number of ether oxygens (including phenoxy) is 3. The van der Waals surface area contributed by atoms with E-state index >= 15 is 0 Å². The number of carbonyl (C=O) groups excluding carboxylic acids is 1. The van der Waals surface area contributed by atoms with Crippen molar-refractivity contribution in [2.45, 2.75) is 30.5 Å². The number of benzene rings is 2. The molecule has 4 atom stereocenters. The van der Waals surface area contributed by atoms with Crippen molar-refractivity contribution >= 4 is 13.8 Å². The Morgan fingerprint density at radius 2 is 1.56 bits per heavy atom. The number of hydrogen-bond donors (Lipinski definition) is 2. The van der Waals surface area contributed by atoms with Crippen LogP contribution in [0.1, 0.15) is 6.42 Å². The second-order valence-electron chi connectivity index (χ2n) is 6.92. The highest BCUT2D eigenvalue weighted by Crippen LogP contribution is 2.50. The van der Waals surface area contributed by atoms with E-state index in [9.17, 15) is 19.6 Å². The van der Waals surface area contributed by atoms with Crippen LogP contribution in [0.2, 0.25) is 0 Å². The Kier molecular flexibility index (Phi) is 7.89. The molecule has 4 unspecified atom stereocenters. The van der Waals surface area contributed by atoms with Crippen LogP contribution in [-0.4, -0.2) is 61.1 Å². The molecule has 1 saturated heterocycles. The zero-order valence-corrected chi connectivity index (χ0v) is 18.4. The third-order valence-corrected chi connectivity index (χ3v) is 6.07. The Balaban J connectivity index is 1.80. The summed E-state index contributed by atoms with van der Waals surface area (Å²) in [6.45, 7) is -0.558. The Bertz CT molecular complexity index is 879. The van der Waals surface area contributed by atoms with Crippen LogP contribution in [-0.2, 0) is 28.1 Å². The zero-order chi connectivity index (χ0) is 23.2. The van der Waals surface area contributed by atoms with E-state index < -0.39 is 44.5 Å². The lowest BCUT2D eigenvalue weighted by molar-refractivity contribution is -0.307. The van der Waals surface area contributed by atoms with Gasteiger partial charge in [0.1, 0.15) is 23.7 Å². The van der Waals surface area contributed by atoms with E-state index in [-0.39, 0.29) is 17.9 Å². The van der Waals surface area contributed by atoms with Gasteiger partial charge < -0.3 is 33.5 Å². The summed E-state index contributed by atoms with van der Waals surface area (Å²) in [5.41, 5.74) is 0. The number of carbonyl (C=O) groups is 1. The molecule has 0 aromatic heterocycles. The first-order valence-corrected chi connectivity index (χ1v) is 11.2. The molecule has 2 aromatic rings. The smallest absolute Gasteiger partial charge is 0.465 e. The minimum atomic E-state index is -4.29. The second-order valence-corrected chi connectivity index (χ2v) is 8.44. The molecular formula is C21H25O10P. The normalized spacial score (nSPS) is 25.7. The molecule has 0 radical (unpaired) electrons. The molecule has 0 saturated carbocycles. The largest absolute Gasteiger partial charge is 0.587 e. The number of esters is 1. The number of para-hydroxylation sites is 2. The number of rotatable bonds is 9. The quantitative estimate of drug-likeness (QED) is 0.418. The van der Waals surface area contributed by atoms with Gasteiger partial charge in [0, 0.05) is 13.5 Å². The lowest BCUT2D eigenvalue weighted by atomic mass is 9.95. The molecule has 0 aliphatic carbocycles. The first-order chi connectivity index (χ1) is 15.3. The molecular weight excluding hydrogens is 443 g/mol. The minimum Gasteiger partial charge on any atom is -0.465 e. The van der Waals surface area contributed by atoms with Gasteiger partial charge in [0.2, 0.25) is 0 Å². The SMILES string of the molecule is COC(=O)C1(OC)CC(O)C(O)C(COP(=O)(Oc2ccccc2)Oc2ccccc2)O1. The van der Waals surface area contributed by atoms with E-state index in [1.165, 1.54) is 7.11 Å². The Morgan fingerprint density at radius 1 is 1.03 bits per heavy atom. The van der Waals surface area contributed by atoms with Crippen molar-refractivity contribution in [3.63, 3.8) is 0 Å². The Labute approximate surface area is 185 Å². The molecule has 32 heavy (non-hydrogen) atoms. The predicted octanol–water partition coefficient (Wildman–Crippen LogP) is 2.30.